The molecule has 0 aliphatic heterocycles. The van der Waals surface area contributed by atoms with E-state index in [1.807, 2.05) is 51.1 Å². The number of halogens is 2. The largest absolute Gasteiger partial charge is 0.450 e. The van der Waals surface area contributed by atoms with Crippen LogP contribution in [0, 0.1) is 23.0 Å². The zero-order valence-electron chi connectivity index (χ0n) is 24.4. The number of hydrogen-bond donors (Lipinski definition) is 4. The van der Waals surface area contributed by atoms with Crippen molar-refractivity contribution in [3.05, 3.63) is 71.3 Å². The zero-order valence-corrected chi connectivity index (χ0v) is 24.4. The maximum atomic E-state index is 13.9. The van der Waals surface area contributed by atoms with Gasteiger partial charge in [-0.05, 0) is 54.0 Å². The van der Waals surface area contributed by atoms with E-state index in [0.29, 0.717) is 12.8 Å². The van der Waals surface area contributed by atoms with Gasteiger partial charge in [0, 0.05) is 25.6 Å². The van der Waals surface area contributed by atoms with Crippen LogP contribution in [0.4, 0.5) is 8.78 Å². The first-order valence-corrected chi connectivity index (χ1v) is 14.0. The van der Waals surface area contributed by atoms with E-state index in [1.165, 1.54) is 0 Å². The van der Waals surface area contributed by atoms with Crippen LogP contribution in [0.25, 0.3) is 0 Å². The van der Waals surface area contributed by atoms with Crippen molar-refractivity contribution in [2.75, 3.05) is 13.1 Å². The van der Waals surface area contributed by atoms with Crippen molar-refractivity contribution in [2.24, 2.45) is 22.8 Å². The highest BCUT2D eigenvalue weighted by molar-refractivity contribution is 5.85. The molecule has 4 unspecified atom stereocenters. The van der Waals surface area contributed by atoms with Crippen molar-refractivity contribution in [1.29, 1.82) is 0 Å². The van der Waals surface area contributed by atoms with E-state index >= 15 is 0 Å². The highest BCUT2D eigenvalue weighted by Crippen LogP contribution is 2.16. The standard InChI is InChI=1S/C31H44F2N4O4/c1-5-9-20(2)30(40)41-28(26(35)14-21-10-7-6-8-11-21)29(39)37-19-31(3,4)18-36-27(38)17-24(34)16-22-15-23(32)12-13-25(22)33/h6-8,10-13,15,20,24,26,28H,5,9,14,16-19,34-35H2,1-4H3,(H,36,38)(H,37,39). The Bertz CT molecular complexity index is 1150. The van der Waals surface area contributed by atoms with Gasteiger partial charge in [0.2, 0.25) is 5.91 Å². The van der Waals surface area contributed by atoms with Crippen molar-refractivity contribution in [2.45, 2.75) is 78.0 Å². The number of carbonyl (C=O) groups is 3. The molecule has 0 saturated heterocycles. The number of rotatable bonds is 16. The maximum absolute atomic E-state index is 13.9. The molecule has 6 N–H and O–H groups in total. The van der Waals surface area contributed by atoms with Gasteiger partial charge < -0.3 is 26.8 Å². The number of amides is 2. The fraction of sp³-hybridized carbons (Fsp3) is 0.516. The monoisotopic (exact) mass is 574 g/mol. The van der Waals surface area contributed by atoms with Gasteiger partial charge in [0.05, 0.1) is 12.0 Å². The van der Waals surface area contributed by atoms with Crippen LogP contribution >= 0.6 is 0 Å². The summed E-state index contributed by atoms with van der Waals surface area (Å²) in [6.07, 6.45) is 0.517. The summed E-state index contributed by atoms with van der Waals surface area (Å²) in [4.78, 5) is 38.4. The van der Waals surface area contributed by atoms with Crippen LogP contribution in [0.5, 0.6) is 0 Å². The predicted molar refractivity (Wildman–Crippen MR) is 155 cm³/mol. The van der Waals surface area contributed by atoms with Crippen molar-refractivity contribution >= 4 is 17.8 Å². The van der Waals surface area contributed by atoms with E-state index < -0.39 is 47.1 Å². The Morgan fingerprint density at radius 2 is 1.63 bits per heavy atom. The quantitative estimate of drug-likeness (QED) is 0.227. The number of nitrogens with one attached hydrogen (secondary N) is 2. The molecule has 0 bridgehead atoms. The number of hydrogen-bond acceptors (Lipinski definition) is 6. The molecule has 2 aromatic carbocycles. The van der Waals surface area contributed by atoms with Gasteiger partial charge in [0.25, 0.3) is 5.91 Å². The Hall–Kier alpha value is -3.37. The molecule has 8 nitrogen and oxygen atoms in total. The summed E-state index contributed by atoms with van der Waals surface area (Å²) in [5.41, 5.74) is 12.8. The third kappa shape index (κ3) is 11.9. The minimum Gasteiger partial charge on any atom is -0.450 e. The molecule has 0 radical (unpaired) electrons. The predicted octanol–water partition coefficient (Wildman–Crippen LogP) is 3.40. The molecule has 41 heavy (non-hydrogen) atoms. The molecule has 4 atom stereocenters. The van der Waals surface area contributed by atoms with Crippen molar-refractivity contribution < 1.29 is 27.9 Å². The second-order valence-corrected chi connectivity index (χ2v) is 11.5. The van der Waals surface area contributed by atoms with Gasteiger partial charge in [-0.1, -0.05) is 64.4 Å². The Kier molecular flexibility index (Phi) is 13.3. The third-order valence-corrected chi connectivity index (χ3v) is 6.77. The normalized spacial score (nSPS) is 14.4. The van der Waals surface area contributed by atoms with Gasteiger partial charge in [-0.25, -0.2) is 8.78 Å². The summed E-state index contributed by atoms with van der Waals surface area (Å²) >= 11 is 0. The molecule has 0 saturated carbocycles. The first-order chi connectivity index (χ1) is 19.3. The lowest BCUT2D eigenvalue weighted by atomic mass is 9.92. The molecule has 10 heteroatoms. The Morgan fingerprint density at radius 1 is 0.976 bits per heavy atom. The van der Waals surface area contributed by atoms with E-state index in [2.05, 4.69) is 10.6 Å². The molecular formula is C31H44F2N4O4. The third-order valence-electron chi connectivity index (χ3n) is 6.77. The lowest BCUT2D eigenvalue weighted by molar-refractivity contribution is -0.161. The van der Waals surface area contributed by atoms with E-state index in [4.69, 9.17) is 16.2 Å². The van der Waals surface area contributed by atoms with Crippen LogP contribution in [0.2, 0.25) is 0 Å². The van der Waals surface area contributed by atoms with Crippen LogP contribution in [0.3, 0.4) is 0 Å². The molecule has 0 aliphatic carbocycles. The van der Waals surface area contributed by atoms with Crippen LogP contribution in [0.15, 0.2) is 48.5 Å². The lowest BCUT2D eigenvalue weighted by Crippen LogP contribution is -2.52. The molecule has 0 fully saturated rings. The summed E-state index contributed by atoms with van der Waals surface area (Å²) in [6, 6.07) is 11.1. The first-order valence-electron chi connectivity index (χ1n) is 14.0. The first kappa shape index (κ1) is 33.8. The van der Waals surface area contributed by atoms with Gasteiger partial charge in [0.1, 0.15) is 11.6 Å². The molecule has 2 rings (SSSR count). The average Bonchev–Trinajstić information content (AvgIpc) is 2.92. The molecule has 226 valence electrons. The number of ether oxygens (including phenoxy) is 1. The summed E-state index contributed by atoms with van der Waals surface area (Å²) < 4.78 is 32.9. The Labute approximate surface area is 241 Å². The SMILES string of the molecule is CCCC(C)C(=O)OC(C(=O)NCC(C)(C)CNC(=O)CC(N)Cc1cc(F)ccc1F)C(N)Cc1ccccc1. The Balaban J connectivity index is 1.93. The molecule has 2 aromatic rings. The molecular weight excluding hydrogens is 530 g/mol. The maximum Gasteiger partial charge on any atom is 0.309 e. The smallest absolute Gasteiger partial charge is 0.309 e. The van der Waals surface area contributed by atoms with Crippen LogP contribution in [-0.2, 0) is 32.0 Å². The average molecular weight is 575 g/mol. The van der Waals surface area contributed by atoms with Crippen molar-refractivity contribution in [1.82, 2.24) is 10.6 Å². The van der Waals surface area contributed by atoms with Crippen molar-refractivity contribution in [3.8, 4) is 0 Å². The number of nitrogens with two attached hydrogens (primary N) is 2. The summed E-state index contributed by atoms with van der Waals surface area (Å²) in [7, 11) is 0. The number of carbonyl (C=O) groups excluding carboxylic acids is 3. The van der Waals surface area contributed by atoms with Crippen LogP contribution < -0.4 is 22.1 Å². The topological polar surface area (TPSA) is 137 Å². The lowest BCUT2D eigenvalue weighted by Gasteiger charge is -2.29. The van der Waals surface area contributed by atoms with Gasteiger partial charge in [-0.3, -0.25) is 14.4 Å². The fourth-order valence-corrected chi connectivity index (χ4v) is 4.31. The molecule has 0 spiro atoms. The Morgan fingerprint density at radius 3 is 2.29 bits per heavy atom. The van der Waals surface area contributed by atoms with Gasteiger partial charge in [0.15, 0.2) is 6.10 Å². The van der Waals surface area contributed by atoms with E-state index in [0.717, 1.165) is 30.2 Å². The summed E-state index contributed by atoms with van der Waals surface area (Å²) in [5.74, 6) is -2.85. The van der Waals surface area contributed by atoms with E-state index in [1.54, 1.807) is 6.92 Å². The molecule has 2 amide bonds. The van der Waals surface area contributed by atoms with Gasteiger partial charge in [-0.15, -0.1) is 0 Å². The van der Waals surface area contributed by atoms with E-state index in [9.17, 15) is 23.2 Å². The highest BCUT2D eigenvalue weighted by Gasteiger charge is 2.32. The number of benzene rings is 2. The zero-order chi connectivity index (χ0) is 30.6. The van der Waals surface area contributed by atoms with E-state index in [-0.39, 0.29) is 43.3 Å². The minimum atomic E-state index is -1.19. The van der Waals surface area contributed by atoms with Gasteiger partial charge >= 0.3 is 5.97 Å². The van der Waals surface area contributed by atoms with Crippen LogP contribution in [0.1, 0.15) is 58.1 Å². The molecule has 0 aliphatic rings. The molecule has 0 heterocycles. The second kappa shape index (κ2) is 16.2. The summed E-state index contributed by atoms with van der Waals surface area (Å²) in [6.45, 7) is 7.81. The van der Waals surface area contributed by atoms with Gasteiger partial charge in [-0.2, -0.15) is 0 Å². The molecule has 0 aromatic heterocycles. The minimum absolute atomic E-state index is 0.0106. The van der Waals surface area contributed by atoms with Crippen molar-refractivity contribution in [3.63, 3.8) is 0 Å². The fourth-order valence-electron chi connectivity index (χ4n) is 4.31. The number of esters is 1. The highest BCUT2D eigenvalue weighted by atomic mass is 19.1. The summed E-state index contributed by atoms with van der Waals surface area (Å²) in [5, 5.41) is 5.61. The second-order valence-electron chi connectivity index (χ2n) is 11.5. The van der Waals surface area contributed by atoms with Crippen LogP contribution in [-0.4, -0.2) is 49.1 Å².